The summed E-state index contributed by atoms with van der Waals surface area (Å²) in [6.07, 6.45) is 0.944. The monoisotopic (exact) mass is 281 g/mol. The molecule has 0 bridgehead atoms. The first-order chi connectivity index (χ1) is 7.29. The molecule has 2 rings (SSSR count). The molecule has 0 aliphatic carbocycles. The van der Waals surface area contributed by atoms with Crippen LogP contribution in [0.5, 0.6) is 0 Å². The zero-order valence-electron chi connectivity index (χ0n) is 8.53. The Morgan fingerprint density at radius 3 is 2.60 bits per heavy atom. The number of nitrogens with zero attached hydrogens (tertiary/aromatic N) is 1. The van der Waals surface area contributed by atoms with Gasteiger partial charge < -0.3 is 0 Å². The van der Waals surface area contributed by atoms with E-state index in [1.165, 1.54) is 15.4 Å². The number of rotatable bonds is 3. The average molecular weight is 282 g/mol. The minimum atomic E-state index is 0.908. The zero-order chi connectivity index (χ0) is 10.7. The van der Waals surface area contributed by atoms with Crippen molar-refractivity contribution >= 4 is 27.3 Å². The number of hydrogen-bond acceptors (Lipinski definition) is 2. The van der Waals surface area contributed by atoms with Crippen molar-refractivity contribution in [3.05, 3.63) is 51.5 Å². The van der Waals surface area contributed by atoms with Crippen LogP contribution < -0.4 is 0 Å². The van der Waals surface area contributed by atoms with Gasteiger partial charge in [0.15, 0.2) is 0 Å². The minimum absolute atomic E-state index is 0.908. The summed E-state index contributed by atoms with van der Waals surface area (Å²) in [6, 6.07) is 10.5. The Labute approximate surface area is 102 Å². The van der Waals surface area contributed by atoms with Crippen LogP contribution in [-0.4, -0.2) is 4.98 Å². The Morgan fingerprint density at radius 2 is 2.00 bits per heavy atom. The molecule has 2 aromatic rings. The molecule has 0 saturated heterocycles. The van der Waals surface area contributed by atoms with Gasteiger partial charge in [-0.3, -0.25) is 0 Å². The number of aryl methyl sites for hydroxylation is 1. The minimum Gasteiger partial charge on any atom is -0.246 e. The van der Waals surface area contributed by atoms with E-state index in [2.05, 4.69) is 52.1 Å². The Balaban J connectivity index is 2.18. The van der Waals surface area contributed by atoms with E-state index in [1.807, 2.05) is 6.07 Å². The van der Waals surface area contributed by atoms with Gasteiger partial charge >= 0.3 is 0 Å². The van der Waals surface area contributed by atoms with Crippen LogP contribution in [0.15, 0.2) is 30.3 Å². The highest BCUT2D eigenvalue weighted by Gasteiger charge is 2.06. The molecule has 1 aromatic carbocycles. The molecule has 3 heteroatoms. The molecule has 1 nitrogen and oxygen atoms in total. The second-order valence-electron chi connectivity index (χ2n) is 3.41. The Bertz CT molecular complexity index is 436. The molecule has 0 N–H and O–H groups in total. The van der Waals surface area contributed by atoms with Gasteiger partial charge in [-0.1, -0.05) is 46.3 Å². The van der Waals surface area contributed by atoms with Crippen LogP contribution in [0.25, 0.3) is 0 Å². The molecule has 0 aliphatic rings. The summed E-state index contributed by atoms with van der Waals surface area (Å²) < 4.78 is 0. The topological polar surface area (TPSA) is 12.9 Å². The number of halogens is 1. The van der Waals surface area contributed by atoms with Gasteiger partial charge in [0.2, 0.25) is 0 Å². The lowest BCUT2D eigenvalue weighted by Gasteiger charge is -1.95. The highest BCUT2D eigenvalue weighted by Crippen LogP contribution is 2.22. The van der Waals surface area contributed by atoms with E-state index >= 15 is 0 Å². The van der Waals surface area contributed by atoms with Crippen molar-refractivity contribution in [2.24, 2.45) is 0 Å². The van der Waals surface area contributed by atoms with Crippen molar-refractivity contribution in [3.63, 3.8) is 0 Å². The number of thiazole rings is 1. The van der Waals surface area contributed by atoms with Crippen molar-refractivity contribution in [2.45, 2.75) is 18.7 Å². The van der Waals surface area contributed by atoms with Crippen molar-refractivity contribution in [2.75, 3.05) is 0 Å². The van der Waals surface area contributed by atoms with Crippen LogP contribution in [0.1, 0.15) is 21.1 Å². The summed E-state index contributed by atoms with van der Waals surface area (Å²) in [5.74, 6) is 0. The molecule has 15 heavy (non-hydrogen) atoms. The summed E-state index contributed by atoms with van der Waals surface area (Å²) in [6.45, 7) is 2.07. The van der Waals surface area contributed by atoms with Crippen LogP contribution in [0, 0.1) is 6.92 Å². The van der Waals surface area contributed by atoms with E-state index in [1.54, 1.807) is 11.3 Å². The molecule has 1 heterocycles. The van der Waals surface area contributed by atoms with Crippen LogP contribution in [0.2, 0.25) is 0 Å². The van der Waals surface area contributed by atoms with Crippen molar-refractivity contribution in [1.29, 1.82) is 0 Å². The molecule has 0 unspecified atom stereocenters. The Morgan fingerprint density at radius 1 is 1.27 bits per heavy atom. The third-order valence-electron chi connectivity index (χ3n) is 2.26. The summed E-state index contributed by atoms with van der Waals surface area (Å²) in [5, 5.41) is 2.11. The van der Waals surface area contributed by atoms with Gasteiger partial charge in [-0.05, 0) is 12.5 Å². The first-order valence-electron chi connectivity index (χ1n) is 4.84. The van der Waals surface area contributed by atoms with E-state index in [4.69, 9.17) is 0 Å². The second kappa shape index (κ2) is 4.90. The van der Waals surface area contributed by atoms with E-state index in [-0.39, 0.29) is 0 Å². The molecule has 0 saturated carbocycles. The lowest BCUT2D eigenvalue weighted by molar-refractivity contribution is 1.09. The molecular formula is C12H12BrNS. The van der Waals surface area contributed by atoms with Crippen LogP contribution in [-0.2, 0) is 11.8 Å². The molecule has 1 aromatic heterocycles. The van der Waals surface area contributed by atoms with Gasteiger partial charge in [0.1, 0.15) is 0 Å². The standard InChI is InChI=1S/C12H12BrNS/c1-9-11(8-13)15-12(14-9)7-10-5-3-2-4-6-10/h2-6H,7-8H2,1H3. The zero-order valence-corrected chi connectivity index (χ0v) is 10.9. The highest BCUT2D eigenvalue weighted by atomic mass is 79.9. The van der Waals surface area contributed by atoms with Gasteiger partial charge in [0, 0.05) is 16.6 Å². The number of alkyl halides is 1. The predicted molar refractivity (Wildman–Crippen MR) is 68.7 cm³/mol. The molecule has 0 spiro atoms. The van der Waals surface area contributed by atoms with Gasteiger partial charge in [-0.15, -0.1) is 11.3 Å². The average Bonchev–Trinajstić information content (AvgIpc) is 2.60. The summed E-state index contributed by atoms with van der Waals surface area (Å²) >= 11 is 5.27. The van der Waals surface area contributed by atoms with E-state index in [0.717, 1.165) is 17.4 Å². The van der Waals surface area contributed by atoms with Gasteiger partial charge in [0.05, 0.1) is 10.7 Å². The molecule has 0 radical (unpaired) electrons. The fourth-order valence-corrected chi connectivity index (χ4v) is 3.16. The third-order valence-corrected chi connectivity index (χ3v) is 4.35. The van der Waals surface area contributed by atoms with Gasteiger partial charge in [0.25, 0.3) is 0 Å². The quantitative estimate of drug-likeness (QED) is 0.777. The lowest BCUT2D eigenvalue weighted by Crippen LogP contribution is -1.86. The predicted octanol–water partition coefficient (Wildman–Crippen LogP) is 3.94. The Kier molecular flexibility index (Phi) is 3.54. The molecule has 0 atom stereocenters. The molecule has 0 aliphatic heterocycles. The summed E-state index contributed by atoms with van der Waals surface area (Å²) in [7, 11) is 0. The smallest absolute Gasteiger partial charge is 0.0975 e. The van der Waals surface area contributed by atoms with Crippen molar-refractivity contribution < 1.29 is 0 Å². The van der Waals surface area contributed by atoms with Crippen molar-refractivity contribution in [3.8, 4) is 0 Å². The highest BCUT2D eigenvalue weighted by molar-refractivity contribution is 9.08. The SMILES string of the molecule is Cc1nc(Cc2ccccc2)sc1CBr. The maximum absolute atomic E-state index is 4.57. The Hall–Kier alpha value is -0.670. The number of aromatic nitrogens is 1. The van der Waals surface area contributed by atoms with Crippen molar-refractivity contribution in [1.82, 2.24) is 4.98 Å². The van der Waals surface area contributed by atoms with Gasteiger partial charge in [-0.2, -0.15) is 0 Å². The van der Waals surface area contributed by atoms with E-state index in [0.29, 0.717) is 0 Å². The van der Waals surface area contributed by atoms with Gasteiger partial charge in [-0.25, -0.2) is 4.98 Å². The maximum atomic E-state index is 4.57. The first-order valence-corrected chi connectivity index (χ1v) is 6.78. The normalized spacial score (nSPS) is 10.5. The molecule has 78 valence electrons. The van der Waals surface area contributed by atoms with Crippen LogP contribution in [0.3, 0.4) is 0 Å². The number of hydrogen-bond donors (Lipinski definition) is 0. The second-order valence-corrected chi connectivity index (χ2v) is 5.14. The molecule has 0 amide bonds. The lowest BCUT2D eigenvalue weighted by atomic mass is 10.2. The van der Waals surface area contributed by atoms with Crippen LogP contribution in [0.4, 0.5) is 0 Å². The fraction of sp³-hybridized carbons (Fsp3) is 0.250. The maximum Gasteiger partial charge on any atom is 0.0975 e. The summed E-state index contributed by atoms with van der Waals surface area (Å²) in [5.41, 5.74) is 2.48. The fourth-order valence-electron chi connectivity index (χ4n) is 1.46. The molecular weight excluding hydrogens is 270 g/mol. The largest absolute Gasteiger partial charge is 0.246 e. The third kappa shape index (κ3) is 2.67. The van der Waals surface area contributed by atoms with Crippen LogP contribution >= 0.6 is 27.3 Å². The first kappa shape index (κ1) is 10.8. The summed E-state index contributed by atoms with van der Waals surface area (Å²) in [4.78, 5) is 5.90. The molecule has 0 fully saturated rings. The van der Waals surface area contributed by atoms with E-state index in [9.17, 15) is 0 Å². The van der Waals surface area contributed by atoms with E-state index < -0.39 is 0 Å². The number of benzene rings is 1.